The largest absolute Gasteiger partial charge is 0.298 e. The Kier molecular flexibility index (Phi) is 5.18. The normalized spacial score (nSPS) is 10.8. The summed E-state index contributed by atoms with van der Waals surface area (Å²) < 4.78 is 1.55. The van der Waals surface area contributed by atoms with E-state index in [2.05, 4.69) is 29.2 Å². The van der Waals surface area contributed by atoms with Gasteiger partial charge in [0.1, 0.15) is 0 Å². The van der Waals surface area contributed by atoms with Gasteiger partial charge in [-0.15, -0.1) is 0 Å². The van der Waals surface area contributed by atoms with E-state index in [0.717, 1.165) is 16.7 Å². The topological polar surface area (TPSA) is 84.2 Å². The molecular formula is C23H19N3O3. The molecule has 29 heavy (non-hydrogen) atoms. The highest BCUT2D eigenvalue weighted by Gasteiger charge is 2.10. The van der Waals surface area contributed by atoms with Gasteiger partial charge in [-0.3, -0.25) is 19.4 Å². The first-order valence-electron chi connectivity index (χ1n) is 9.24. The molecular weight excluding hydrogens is 366 g/mol. The highest BCUT2D eigenvalue weighted by Crippen LogP contribution is 2.24. The van der Waals surface area contributed by atoms with E-state index in [1.54, 1.807) is 16.1 Å². The fraction of sp³-hybridized carbons (Fsp3) is 0.0870. The van der Waals surface area contributed by atoms with E-state index in [1.807, 2.05) is 30.3 Å². The summed E-state index contributed by atoms with van der Waals surface area (Å²) in [5.41, 5.74) is 5.47. The third-order valence-corrected chi connectivity index (χ3v) is 4.91. The average molecular weight is 385 g/mol. The van der Waals surface area contributed by atoms with Crippen LogP contribution in [0.5, 0.6) is 0 Å². The van der Waals surface area contributed by atoms with Crippen molar-refractivity contribution in [3.63, 3.8) is 0 Å². The molecule has 6 nitrogen and oxygen atoms in total. The van der Waals surface area contributed by atoms with Gasteiger partial charge in [-0.2, -0.15) is 0 Å². The summed E-state index contributed by atoms with van der Waals surface area (Å²) in [6, 6.07) is 22.8. The molecule has 1 heterocycles. The number of benzene rings is 3. The number of aromatic nitrogens is 2. The Balaban J connectivity index is 1.65. The van der Waals surface area contributed by atoms with Gasteiger partial charge in [0.05, 0.1) is 17.2 Å². The Hall–Kier alpha value is -3.77. The number of nitrogens with one attached hydrogen (secondary N) is 1. The van der Waals surface area contributed by atoms with Gasteiger partial charge in [-0.25, -0.2) is 10.5 Å². The second kappa shape index (κ2) is 8.08. The molecule has 0 unspecified atom stereocenters. The first-order valence-corrected chi connectivity index (χ1v) is 9.24. The molecule has 0 saturated heterocycles. The summed E-state index contributed by atoms with van der Waals surface area (Å²) in [4.78, 5) is 28.9. The van der Waals surface area contributed by atoms with Crippen molar-refractivity contribution in [2.24, 2.45) is 0 Å². The lowest BCUT2D eigenvalue weighted by Gasteiger charge is -2.11. The second-order valence-electron chi connectivity index (χ2n) is 6.69. The van der Waals surface area contributed by atoms with Crippen LogP contribution in [0, 0.1) is 0 Å². The number of fused-ring (bicyclic) bond motifs is 1. The molecule has 0 aliphatic rings. The molecule has 0 radical (unpaired) electrons. The molecule has 1 amide bonds. The number of carbonyl (C=O) groups is 1. The van der Waals surface area contributed by atoms with Gasteiger partial charge in [-0.1, -0.05) is 54.6 Å². The van der Waals surface area contributed by atoms with Crippen LogP contribution in [0.1, 0.15) is 15.9 Å². The monoisotopic (exact) mass is 385 g/mol. The van der Waals surface area contributed by atoms with Crippen molar-refractivity contribution >= 4 is 16.8 Å². The standard InChI is InChI=1S/C23H19N3O3/c27-22(25-29)18-10-11-21-20(14-18)23(28)26(15-24-21)13-12-17-8-4-5-9-19(17)16-6-2-1-3-7-16/h1-11,14-15,29H,12-13H2,(H,25,27). The Morgan fingerprint density at radius 1 is 1.00 bits per heavy atom. The summed E-state index contributed by atoms with van der Waals surface area (Å²) in [7, 11) is 0. The zero-order valence-electron chi connectivity index (χ0n) is 15.6. The maximum atomic E-state index is 12.9. The number of nitrogens with zero attached hydrogens (tertiary/aromatic N) is 2. The molecule has 4 aromatic rings. The summed E-state index contributed by atoms with van der Waals surface area (Å²) >= 11 is 0. The predicted octanol–water partition coefficient (Wildman–Crippen LogP) is 3.43. The number of hydrogen-bond acceptors (Lipinski definition) is 4. The minimum atomic E-state index is -0.668. The second-order valence-corrected chi connectivity index (χ2v) is 6.69. The number of hydroxylamine groups is 1. The van der Waals surface area contributed by atoms with E-state index in [-0.39, 0.29) is 11.1 Å². The minimum Gasteiger partial charge on any atom is -0.298 e. The van der Waals surface area contributed by atoms with Crippen LogP contribution in [0.2, 0.25) is 0 Å². The SMILES string of the molecule is O=C(NO)c1ccc2ncn(CCc3ccccc3-c3ccccc3)c(=O)c2c1. The number of amides is 1. The van der Waals surface area contributed by atoms with Gasteiger partial charge in [0.2, 0.25) is 0 Å². The number of hydrogen-bond donors (Lipinski definition) is 2. The Labute approximate surface area is 167 Å². The van der Waals surface area contributed by atoms with E-state index in [4.69, 9.17) is 5.21 Å². The predicted molar refractivity (Wildman–Crippen MR) is 111 cm³/mol. The van der Waals surface area contributed by atoms with Crippen molar-refractivity contribution in [1.29, 1.82) is 0 Å². The molecule has 0 saturated carbocycles. The highest BCUT2D eigenvalue weighted by atomic mass is 16.5. The van der Waals surface area contributed by atoms with Crippen molar-refractivity contribution < 1.29 is 10.0 Å². The zero-order valence-corrected chi connectivity index (χ0v) is 15.6. The molecule has 0 aliphatic heterocycles. The van der Waals surface area contributed by atoms with E-state index in [0.29, 0.717) is 23.9 Å². The van der Waals surface area contributed by atoms with E-state index < -0.39 is 5.91 Å². The fourth-order valence-electron chi connectivity index (χ4n) is 3.40. The molecule has 2 N–H and O–H groups in total. The summed E-state index contributed by atoms with van der Waals surface area (Å²) in [5, 5.41) is 9.15. The summed E-state index contributed by atoms with van der Waals surface area (Å²) in [6.07, 6.45) is 2.19. The van der Waals surface area contributed by atoms with Crippen LogP contribution in [0.3, 0.4) is 0 Å². The van der Waals surface area contributed by atoms with Crippen LogP contribution in [0.15, 0.2) is 83.9 Å². The fourth-order valence-corrected chi connectivity index (χ4v) is 3.40. The Morgan fingerprint density at radius 3 is 2.55 bits per heavy atom. The molecule has 3 aromatic carbocycles. The van der Waals surface area contributed by atoms with Gasteiger partial charge in [0, 0.05) is 12.1 Å². The molecule has 6 heteroatoms. The van der Waals surface area contributed by atoms with Crippen LogP contribution >= 0.6 is 0 Å². The lowest BCUT2D eigenvalue weighted by atomic mass is 9.98. The lowest BCUT2D eigenvalue weighted by Crippen LogP contribution is -2.23. The van der Waals surface area contributed by atoms with Crippen molar-refractivity contribution in [2.75, 3.05) is 0 Å². The summed E-state index contributed by atoms with van der Waals surface area (Å²) in [6.45, 7) is 0.460. The van der Waals surface area contributed by atoms with Gasteiger partial charge in [-0.05, 0) is 41.3 Å². The molecule has 4 rings (SSSR count). The Bertz CT molecular complexity index is 1230. The van der Waals surface area contributed by atoms with E-state index in [1.165, 1.54) is 18.5 Å². The van der Waals surface area contributed by atoms with Crippen LogP contribution < -0.4 is 11.0 Å². The Morgan fingerprint density at radius 2 is 1.76 bits per heavy atom. The molecule has 0 atom stereocenters. The third kappa shape index (κ3) is 3.79. The zero-order chi connectivity index (χ0) is 20.2. The number of aryl methyl sites for hydroxylation is 2. The van der Waals surface area contributed by atoms with E-state index in [9.17, 15) is 9.59 Å². The molecule has 0 fully saturated rings. The van der Waals surface area contributed by atoms with E-state index >= 15 is 0 Å². The van der Waals surface area contributed by atoms with Gasteiger partial charge >= 0.3 is 0 Å². The van der Waals surface area contributed by atoms with Crippen molar-refractivity contribution in [2.45, 2.75) is 13.0 Å². The van der Waals surface area contributed by atoms with Crippen LogP contribution in [-0.4, -0.2) is 20.7 Å². The van der Waals surface area contributed by atoms with Gasteiger partial charge in [0.15, 0.2) is 0 Å². The average Bonchev–Trinajstić information content (AvgIpc) is 2.79. The summed E-state index contributed by atoms with van der Waals surface area (Å²) in [5.74, 6) is -0.668. The van der Waals surface area contributed by atoms with Gasteiger partial charge < -0.3 is 0 Å². The first kappa shape index (κ1) is 18.6. The lowest BCUT2D eigenvalue weighted by molar-refractivity contribution is 0.0706. The third-order valence-electron chi connectivity index (χ3n) is 4.91. The number of rotatable bonds is 5. The molecule has 0 spiro atoms. The van der Waals surface area contributed by atoms with Crippen molar-refractivity contribution in [3.05, 3.63) is 101 Å². The first-order chi connectivity index (χ1) is 14.2. The van der Waals surface area contributed by atoms with Crippen LogP contribution in [0.25, 0.3) is 22.0 Å². The molecule has 0 bridgehead atoms. The maximum Gasteiger partial charge on any atom is 0.274 e. The number of carbonyl (C=O) groups excluding carboxylic acids is 1. The van der Waals surface area contributed by atoms with Crippen molar-refractivity contribution in [1.82, 2.24) is 15.0 Å². The smallest absolute Gasteiger partial charge is 0.274 e. The van der Waals surface area contributed by atoms with Crippen molar-refractivity contribution in [3.8, 4) is 11.1 Å². The molecule has 0 aliphatic carbocycles. The highest BCUT2D eigenvalue weighted by molar-refractivity contribution is 5.97. The maximum absolute atomic E-state index is 12.9. The molecule has 144 valence electrons. The minimum absolute atomic E-state index is 0.200. The quantitative estimate of drug-likeness (QED) is 0.407. The molecule has 1 aromatic heterocycles. The van der Waals surface area contributed by atoms with Crippen LogP contribution in [0.4, 0.5) is 0 Å². The van der Waals surface area contributed by atoms with Gasteiger partial charge in [0.25, 0.3) is 11.5 Å². The van der Waals surface area contributed by atoms with Crippen LogP contribution in [-0.2, 0) is 13.0 Å².